The van der Waals surface area contributed by atoms with Gasteiger partial charge in [0.05, 0.1) is 11.3 Å². The van der Waals surface area contributed by atoms with Gasteiger partial charge in [-0.15, -0.1) is 0 Å². The first kappa shape index (κ1) is 28.0. The molecule has 0 saturated heterocycles. The second-order valence-corrected chi connectivity index (χ2v) is 13.2. The van der Waals surface area contributed by atoms with E-state index in [1.54, 1.807) is 0 Å². The zero-order chi connectivity index (χ0) is 33.5. The number of aromatic nitrogens is 2. The highest BCUT2D eigenvalue weighted by atomic mass is 16.3. The van der Waals surface area contributed by atoms with Crippen molar-refractivity contribution in [2.75, 3.05) is 0 Å². The highest BCUT2D eigenvalue weighted by Gasteiger charge is 2.20. The maximum Gasteiger partial charge on any atom is 0.163 e. The fourth-order valence-corrected chi connectivity index (χ4v) is 8.32. The van der Waals surface area contributed by atoms with Crippen molar-refractivity contribution in [3.05, 3.63) is 170 Å². The van der Waals surface area contributed by atoms with Crippen LogP contribution in [0.2, 0.25) is 0 Å². The molecule has 0 saturated carbocycles. The Morgan fingerprint density at radius 2 is 0.882 bits per heavy atom. The molecule has 0 aliphatic heterocycles. The summed E-state index contributed by atoms with van der Waals surface area (Å²) in [4.78, 5) is 10.1. The maximum atomic E-state index is 6.78. The van der Waals surface area contributed by atoms with Crippen LogP contribution < -0.4 is 0 Å². The van der Waals surface area contributed by atoms with Gasteiger partial charge in [-0.3, -0.25) is 0 Å². The van der Waals surface area contributed by atoms with E-state index in [1.807, 2.05) is 12.3 Å². The molecule has 0 spiro atoms. The summed E-state index contributed by atoms with van der Waals surface area (Å²) >= 11 is 0. The summed E-state index contributed by atoms with van der Waals surface area (Å²) in [7, 11) is 0. The Bertz CT molecular complexity index is 3140. The summed E-state index contributed by atoms with van der Waals surface area (Å²) in [6, 6.07) is 58.2. The third kappa shape index (κ3) is 4.12. The van der Waals surface area contributed by atoms with Gasteiger partial charge < -0.3 is 4.42 Å². The van der Waals surface area contributed by atoms with Crippen molar-refractivity contribution in [1.29, 1.82) is 0 Å². The predicted molar refractivity (Wildman–Crippen MR) is 213 cm³/mol. The van der Waals surface area contributed by atoms with Crippen LogP contribution in [-0.4, -0.2) is 9.97 Å². The average Bonchev–Trinajstić information content (AvgIpc) is 3.57. The summed E-state index contributed by atoms with van der Waals surface area (Å²) in [6.07, 6.45) is 1.88. The number of furan rings is 1. The summed E-state index contributed by atoms with van der Waals surface area (Å²) in [5, 5.41) is 14.2. The van der Waals surface area contributed by atoms with E-state index in [4.69, 9.17) is 14.4 Å². The van der Waals surface area contributed by atoms with Crippen molar-refractivity contribution in [3.8, 4) is 33.8 Å². The van der Waals surface area contributed by atoms with Crippen LogP contribution in [0.25, 0.3) is 110 Å². The molecular formula is C48H28N2O. The lowest BCUT2D eigenvalue weighted by Crippen LogP contribution is -1.95. The van der Waals surface area contributed by atoms with Gasteiger partial charge in [-0.25, -0.2) is 9.97 Å². The highest BCUT2D eigenvalue weighted by Crippen LogP contribution is 2.44. The molecule has 0 bridgehead atoms. The van der Waals surface area contributed by atoms with Crippen molar-refractivity contribution in [2.24, 2.45) is 0 Å². The molecular weight excluding hydrogens is 621 g/mol. The van der Waals surface area contributed by atoms with Crippen LogP contribution in [0.3, 0.4) is 0 Å². The molecule has 0 aliphatic rings. The average molecular weight is 649 g/mol. The molecule has 3 heteroatoms. The zero-order valence-corrected chi connectivity index (χ0v) is 27.5. The molecule has 0 N–H and O–H groups in total. The van der Waals surface area contributed by atoms with Crippen LogP contribution in [0.15, 0.2) is 174 Å². The second kappa shape index (κ2) is 10.8. The molecule has 0 atom stereocenters. The number of benzene rings is 9. The Kier molecular flexibility index (Phi) is 5.96. The zero-order valence-electron chi connectivity index (χ0n) is 27.5. The monoisotopic (exact) mass is 648 g/mol. The molecule has 2 aromatic heterocycles. The van der Waals surface area contributed by atoms with Crippen LogP contribution in [0.5, 0.6) is 0 Å². The van der Waals surface area contributed by atoms with Gasteiger partial charge in [0.25, 0.3) is 0 Å². The van der Waals surface area contributed by atoms with Crippen LogP contribution in [0, 0.1) is 0 Å². The quantitative estimate of drug-likeness (QED) is 0.141. The molecule has 11 aromatic rings. The van der Waals surface area contributed by atoms with Crippen molar-refractivity contribution >= 4 is 75.8 Å². The fourth-order valence-electron chi connectivity index (χ4n) is 8.32. The van der Waals surface area contributed by atoms with E-state index in [-0.39, 0.29) is 0 Å². The molecule has 0 aliphatic carbocycles. The molecule has 11 rings (SSSR count). The third-order valence-corrected chi connectivity index (χ3v) is 10.5. The van der Waals surface area contributed by atoms with Gasteiger partial charge in [-0.05, 0) is 89.3 Å². The van der Waals surface area contributed by atoms with E-state index >= 15 is 0 Å². The first-order valence-electron chi connectivity index (χ1n) is 17.3. The first-order chi connectivity index (χ1) is 25.3. The summed E-state index contributed by atoms with van der Waals surface area (Å²) in [5.41, 5.74) is 6.94. The normalized spacial score (nSPS) is 11.9. The van der Waals surface area contributed by atoms with Gasteiger partial charge in [-0.2, -0.15) is 0 Å². The minimum Gasteiger partial charge on any atom is -0.455 e. The molecule has 3 nitrogen and oxygen atoms in total. The number of nitrogens with zero attached hydrogens (tertiary/aromatic N) is 2. The van der Waals surface area contributed by atoms with Gasteiger partial charge >= 0.3 is 0 Å². The molecule has 236 valence electrons. The minimum absolute atomic E-state index is 0.637. The molecule has 0 amide bonds. The summed E-state index contributed by atoms with van der Waals surface area (Å²) in [6.45, 7) is 0. The lowest BCUT2D eigenvalue weighted by Gasteiger charge is -2.17. The van der Waals surface area contributed by atoms with Crippen LogP contribution in [0.4, 0.5) is 0 Å². The molecule has 0 fully saturated rings. The first-order valence-corrected chi connectivity index (χ1v) is 17.3. The molecule has 0 radical (unpaired) electrons. The molecule has 9 aromatic carbocycles. The van der Waals surface area contributed by atoms with Gasteiger partial charge in [0.2, 0.25) is 0 Å². The van der Waals surface area contributed by atoms with E-state index in [9.17, 15) is 0 Å². The van der Waals surface area contributed by atoms with Gasteiger partial charge in [0.15, 0.2) is 5.82 Å². The smallest absolute Gasteiger partial charge is 0.163 e. The topological polar surface area (TPSA) is 38.9 Å². The standard InChI is InChI=1S/C48H28N2O/c1-2-13-29(14-3-1)45-34-19-8-10-21-36(34)46(37-22-11-9-20-35(37)45)43-25-26-49-48(50-43)39-24-12-23-38-42-27-40-32-17-6-4-15-30(32)31-16-5-7-18-33(31)41(40)28-44(42)51-47(38)39/h1-28H. The van der Waals surface area contributed by atoms with Crippen LogP contribution in [-0.2, 0) is 0 Å². The number of fused-ring (bicyclic) bond motifs is 11. The Labute approximate surface area is 293 Å². The number of hydrogen-bond donors (Lipinski definition) is 0. The van der Waals surface area contributed by atoms with Crippen molar-refractivity contribution in [3.63, 3.8) is 0 Å². The Morgan fingerprint density at radius 1 is 0.373 bits per heavy atom. The number of hydrogen-bond acceptors (Lipinski definition) is 3. The van der Waals surface area contributed by atoms with E-state index in [1.165, 1.54) is 54.2 Å². The Morgan fingerprint density at radius 3 is 1.51 bits per heavy atom. The van der Waals surface area contributed by atoms with Gasteiger partial charge in [0.1, 0.15) is 11.2 Å². The van der Waals surface area contributed by atoms with E-state index in [0.29, 0.717) is 5.82 Å². The fraction of sp³-hybridized carbons (Fsp3) is 0. The van der Waals surface area contributed by atoms with Crippen LogP contribution in [0.1, 0.15) is 0 Å². The third-order valence-electron chi connectivity index (χ3n) is 10.5. The van der Waals surface area contributed by atoms with Crippen molar-refractivity contribution in [2.45, 2.75) is 0 Å². The van der Waals surface area contributed by atoms with E-state index < -0.39 is 0 Å². The van der Waals surface area contributed by atoms with Crippen molar-refractivity contribution in [1.82, 2.24) is 9.97 Å². The number of para-hydroxylation sites is 1. The Balaban J connectivity index is 1.15. The lowest BCUT2D eigenvalue weighted by atomic mass is 9.87. The highest BCUT2D eigenvalue weighted by molar-refractivity contribution is 6.28. The summed E-state index contributed by atoms with van der Waals surface area (Å²) < 4.78 is 6.78. The maximum absolute atomic E-state index is 6.78. The lowest BCUT2D eigenvalue weighted by molar-refractivity contribution is 0.670. The number of rotatable bonds is 3. The Hall–Kier alpha value is -6.84. The van der Waals surface area contributed by atoms with Crippen molar-refractivity contribution < 1.29 is 4.42 Å². The molecule has 2 heterocycles. The molecule has 51 heavy (non-hydrogen) atoms. The van der Waals surface area contributed by atoms with Gasteiger partial charge in [0, 0.05) is 22.5 Å². The minimum atomic E-state index is 0.637. The van der Waals surface area contributed by atoms with E-state index in [0.717, 1.165) is 49.5 Å². The second-order valence-electron chi connectivity index (χ2n) is 13.2. The van der Waals surface area contributed by atoms with E-state index in [2.05, 4.69) is 158 Å². The van der Waals surface area contributed by atoms with Crippen LogP contribution >= 0.6 is 0 Å². The van der Waals surface area contributed by atoms with Gasteiger partial charge in [-0.1, -0.05) is 140 Å². The predicted octanol–water partition coefficient (Wildman–Crippen LogP) is 13.1. The largest absolute Gasteiger partial charge is 0.455 e. The summed E-state index contributed by atoms with van der Waals surface area (Å²) in [5.74, 6) is 0.637. The SMILES string of the molecule is c1ccc(-c2c3ccccc3c(-c3ccnc(-c4cccc5c4oc4cc6c7ccccc7c7ccccc7c6cc45)n3)c3ccccc23)cc1. The molecule has 0 unspecified atom stereocenters.